The molecule has 1 N–H and O–H groups in total. The highest BCUT2D eigenvalue weighted by molar-refractivity contribution is 5.95. The van der Waals surface area contributed by atoms with E-state index in [9.17, 15) is 9.59 Å². The summed E-state index contributed by atoms with van der Waals surface area (Å²) in [6, 6.07) is 6.46. The molecule has 12 heteroatoms. The molecule has 4 rings (SSSR count). The minimum atomic E-state index is -0.503. The van der Waals surface area contributed by atoms with E-state index in [1.54, 1.807) is 24.3 Å². The smallest absolute Gasteiger partial charge is 0.338 e. The Bertz CT molecular complexity index is 1250. The quantitative estimate of drug-likeness (QED) is 0.463. The van der Waals surface area contributed by atoms with E-state index in [-0.39, 0.29) is 18.1 Å². The maximum Gasteiger partial charge on any atom is 0.338 e. The summed E-state index contributed by atoms with van der Waals surface area (Å²) in [5.41, 5.74) is 0.699. The van der Waals surface area contributed by atoms with Gasteiger partial charge in [-0.1, -0.05) is 0 Å². The SMILES string of the molecule is COc1cc(C(=O)O[C@H]2CCOc3cc(cc(OC)c3OC)C(=O)NCCCN3CCCN(CC2)CC3)cc(OC)c1OC. The number of methoxy groups -OCH3 is 5. The minimum absolute atomic E-state index is 0.212. The van der Waals surface area contributed by atoms with Gasteiger partial charge in [0.15, 0.2) is 23.0 Å². The van der Waals surface area contributed by atoms with Crippen LogP contribution in [0.5, 0.6) is 34.5 Å². The van der Waals surface area contributed by atoms with Crippen LogP contribution in [0.3, 0.4) is 0 Å². The molecule has 3 atom stereocenters. The third-order valence-electron chi connectivity index (χ3n) is 7.96. The first-order chi connectivity index (χ1) is 21.4. The van der Waals surface area contributed by atoms with E-state index in [1.165, 1.54) is 35.5 Å². The lowest BCUT2D eigenvalue weighted by atomic mass is 10.1. The van der Waals surface area contributed by atoms with Crippen molar-refractivity contribution in [1.82, 2.24) is 15.1 Å². The number of rotatable bonds is 7. The van der Waals surface area contributed by atoms with Gasteiger partial charge in [0, 0.05) is 38.2 Å². The number of esters is 1. The van der Waals surface area contributed by atoms with Crippen LogP contribution < -0.4 is 33.7 Å². The fourth-order valence-corrected chi connectivity index (χ4v) is 5.55. The molecular weight excluding hydrogens is 570 g/mol. The van der Waals surface area contributed by atoms with Crippen molar-refractivity contribution in [3.05, 3.63) is 35.4 Å². The van der Waals surface area contributed by atoms with Crippen LogP contribution in [-0.4, -0.2) is 116 Å². The topological polar surface area (TPSA) is 117 Å². The fourth-order valence-electron chi connectivity index (χ4n) is 5.55. The van der Waals surface area contributed by atoms with Crippen molar-refractivity contribution in [2.75, 3.05) is 88.0 Å². The lowest BCUT2D eigenvalue weighted by Gasteiger charge is -2.25. The molecule has 12 nitrogen and oxygen atoms in total. The van der Waals surface area contributed by atoms with Crippen LogP contribution in [-0.2, 0) is 4.74 Å². The van der Waals surface area contributed by atoms with Crippen LogP contribution in [0.4, 0.5) is 0 Å². The Kier molecular flexibility index (Phi) is 12.2. The maximum absolute atomic E-state index is 13.4. The van der Waals surface area contributed by atoms with Crippen LogP contribution in [0.1, 0.15) is 46.4 Å². The van der Waals surface area contributed by atoms with Gasteiger partial charge in [0.2, 0.25) is 11.5 Å². The van der Waals surface area contributed by atoms with Gasteiger partial charge in [-0.05, 0) is 63.2 Å². The third-order valence-corrected chi connectivity index (χ3v) is 7.96. The summed E-state index contributed by atoms with van der Waals surface area (Å²) in [5, 5.41) is 3.01. The third kappa shape index (κ3) is 8.38. The number of nitrogens with zero attached hydrogens (tertiary/aromatic N) is 2. The molecule has 0 aromatic heterocycles. The zero-order valence-electron chi connectivity index (χ0n) is 26.4. The fraction of sp³-hybridized carbons (Fsp3) is 0.562. The highest BCUT2D eigenvalue weighted by Crippen LogP contribution is 2.40. The molecular formula is C32H45N3O9. The second kappa shape index (κ2) is 16.2. The standard InChI is InChI=1S/C32H45N3O9/c1-38-25-18-22-19-28(30(25)42-5)43-17-9-24(44-32(37)23-20-26(39-2)29(41-4)27(21-23)40-3)8-14-35-13-7-12-34(15-16-35)11-6-10-33-31(22)36/h18-21,24H,6-17H2,1-5H3,(H,33,36)/t24-/m1/s1. The van der Waals surface area contributed by atoms with Crippen molar-refractivity contribution in [2.24, 2.45) is 0 Å². The lowest BCUT2D eigenvalue weighted by Crippen LogP contribution is -2.35. The first kappa shape index (κ1) is 33.0. The molecule has 0 aliphatic carbocycles. The van der Waals surface area contributed by atoms with Crippen molar-refractivity contribution in [3.63, 3.8) is 0 Å². The zero-order chi connectivity index (χ0) is 31.5. The minimum Gasteiger partial charge on any atom is -0.493 e. The molecule has 2 unspecified atom stereocenters. The molecule has 2 aliphatic rings. The van der Waals surface area contributed by atoms with Gasteiger partial charge in [-0.25, -0.2) is 4.79 Å². The molecule has 2 aromatic carbocycles. The van der Waals surface area contributed by atoms with Gasteiger partial charge in [0.1, 0.15) is 6.10 Å². The van der Waals surface area contributed by atoms with E-state index in [0.29, 0.717) is 59.4 Å². The summed E-state index contributed by atoms with van der Waals surface area (Å²) in [6.07, 6.45) is 2.50. The summed E-state index contributed by atoms with van der Waals surface area (Å²) in [5.74, 6) is 1.56. The molecule has 1 fully saturated rings. The van der Waals surface area contributed by atoms with Crippen LogP contribution in [0.25, 0.3) is 0 Å². The summed E-state index contributed by atoms with van der Waals surface area (Å²) >= 11 is 0. The van der Waals surface area contributed by atoms with Gasteiger partial charge in [-0.3, -0.25) is 4.79 Å². The predicted molar refractivity (Wildman–Crippen MR) is 164 cm³/mol. The molecule has 2 heterocycles. The second-order valence-corrected chi connectivity index (χ2v) is 10.7. The predicted octanol–water partition coefficient (Wildman–Crippen LogP) is 3.26. The van der Waals surface area contributed by atoms with Gasteiger partial charge >= 0.3 is 5.97 Å². The number of carbonyl (C=O) groups excluding carboxylic acids is 2. The zero-order valence-corrected chi connectivity index (χ0v) is 26.4. The Morgan fingerprint density at radius 3 is 2.00 bits per heavy atom. The van der Waals surface area contributed by atoms with Gasteiger partial charge in [-0.15, -0.1) is 0 Å². The van der Waals surface area contributed by atoms with Gasteiger partial charge in [0.25, 0.3) is 5.91 Å². The van der Waals surface area contributed by atoms with Crippen molar-refractivity contribution in [3.8, 4) is 34.5 Å². The Balaban J connectivity index is 1.58. The van der Waals surface area contributed by atoms with Crippen molar-refractivity contribution < 1.29 is 42.7 Å². The average molecular weight is 616 g/mol. The maximum atomic E-state index is 13.4. The van der Waals surface area contributed by atoms with E-state index >= 15 is 0 Å². The highest BCUT2D eigenvalue weighted by atomic mass is 16.6. The van der Waals surface area contributed by atoms with Crippen molar-refractivity contribution >= 4 is 11.9 Å². The molecule has 242 valence electrons. The van der Waals surface area contributed by atoms with Crippen molar-refractivity contribution in [1.29, 1.82) is 0 Å². The first-order valence-corrected chi connectivity index (χ1v) is 15.0. The van der Waals surface area contributed by atoms with E-state index in [4.69, 9.17) is 33.2 Å². The van der Waals surface area contributed by atoms with E-state index in [1.807, 2.05) is 0 Å². The highest BCUT2D eigenvalue weighted by Gasteiger charge is 2.24. The number of benzene rings is 2. The Morgan fingerprint density at radius 2 is 1.36 bits per heavy atom. The van der Waals surface area contributed by atoms with Gasteiger partial charge in [-0.2, -0.15) is 0 Å². The molecule has 1 saturated heterocycles. The molecule has 1 amide bonds. The molecule has 2 aliphatic heterocycles. The Hall–Kier alpha value is -3.90. The molecule has 0 saturated carbocycles. The summed E-state index contributed by atoms with van der Waals surface area (Å²) in [7, 11) is 7.54. The number of hydrogen-bond donors (Lipinski definition) is 1. The lowest BCUT2D eigenvalue weighted by molar-refractivity contribution is 0.0201. The largest absolute Gasteiger partial charge is 0.493 e. The van der Waals surface area contributed by atoms with E-state index in [0.717, 1.165) is 52.1 Å². The number of fused-ring (bicyclic) bond motifs is 5. The number of hydrogen-bond acceptors (Lipinski definition) is 11. The average Bonchev–Trinajstić information content (AvgIpc) is 3.28. The number of nitrogens with one attached hydrogen (secondary N) is 1. The van der Waals surface area contributed by atoms with Crippen LogP contribution in [0.2, 0.25) is 0 Å². The van der Waals surface area contributed by atoms with Gasteiger partial charge < -0.3 is 48.3 Å². The van der Waals surface area contributed by atoms with Crippen LogP contribution in [0.15, 0.2) is 24.3 Å². The summed E-state index contributed by atoms with van der Waals surface area (Å²) < 4.78 is 39.6. The molecule has 44 heavy (non-hydrogen) atoms. The van der Waals surface area contributed by atoms with Crippen LogP contribution in [0, 0.1) is 0 Å². The molecule has 0 spiro atoms. The first-order valence-electron chi connectivity index (χ1n) is 15.0. The molecule has 0 radical (unpaired) electrons. The Labute approximate surface area is 259 Å². The molecule has 2 aromatic rings. The van der Waals surface area contributed by atoms with E-state index in [2.05, 4.69) is 15.1 Å². The summed E-state index contributed by atoms with van der Waals surface area (Å²) in [6.45, 7) is 6.34. The Morgan fingerprint density at radius 1 is 0.750 bits per heavy atom. The number of amides is 1. The van der Waals surface area contributed by atoms with E-state index < -0.39 is 12.1 Å². The number of carbonyl (C=O) groups is 2. The number of ether oxygens (including phenoxy) is 7. The monoisotopic (exact) mass is 615 g/mol. The van der Waals surface area contributed by atoms with Gasteiger partial charge in [0.05, 0.1) is 47.7 Å². The second-order valence-electron chi connectivity index (χ2n) is 10.7. The molecule has 4 bridgehead atoms. The summed E-state index contributed by atoms with van der Waals surface area (Å²) in [4.78, 5) is 31.3. The normalized spacial score (nSPS) is 21.4. The van der Waals surface area contributed by atoms with Crippen LogP contribution >= 0.6 is 0 Å². The van der Waals surface area contributed by atoms with Crippen molar-refractivity contribution in [2.45, 2.75) is 31.8 Å².